The van der Waals surface area contributed by atoms with E-state index in [4.69, 9.17) is 27.9 Å². The zero-order chi connectivity index (χ0) is 16.8. The van der Waals surface area contributed by atoms with Gasteiger partial charge in [-0.05, 0) is 42.7 Å². The quantitative estimate of drug-likeness (QED) is 0.813. The second-order valence-corrected chi connectivity index (χ2v) is 6.08. The Bertz CT molecular complexity index is 688. The molecule has 1 amide bonds. The molecule has 0 aliphatic carbocycles. The first-order valence-corrected chi connectivity index (χ1v) is 8.20. The fraction of sp³-hybridized carbons (Fsp3) is 0.278. The van der Waals surface area contributed by atoms with Crippen molar-refractivity contribution in [2.75, 3.05) is 0 Å². The van der Waals surface area contributed by atoms with Gasteiger partial charge in [-0.1, -0.05) is 54.4 Å². The molecule has 1 N–H and O–H groups in total. The summed E-state index contributed by atoms with van der Waals surface area (Å²) in [4.78, 5) is 12.3. The first kappa shape index (κ1) is 17.6. The molecular weight excluding hydrogens is 333 g/mol. The van der Waals surface area contributed by atoms with Crippen molar-refractivity contribution in [3.8, 4) is 5.75 Å². The van der Waals surface area contributed by atoms with E-state index in [1.54, 1.807) is 18.2 Å². The van der Waals surface area contributed by atoms with Gasteiger partial charge in [-0.25, -0.2) is 0 Å². The minimum atomic E-state index is -0.540. The van der Waals surface area contributed by atoms with Gasteiger partial charge >= 0.3 is 0 Å². The van der Waals surface area contributed by atoms with Crippen LogP contribution in [0.2, 0.25) is 10.0 Å². The van der Waals surface area contributed by atoms with Gasteiger partial charge in [-0.15, -0.1) is 0 Å². The van der Waals surface area contributed by atoms with Gasteiger partial charge in [0.05, 0.1) is 0 Å². The fourth-order valence-electron chi connectivity index (χ4n) is 2.13. The molecule has 0 fully saturated rings. The van der Waals surface area contributed by atoms with Crippen LogP contribution >= 0.6 is 23.2 Å². The standard InChI is InChI=1S/C18H19Cl2NO2/c1-3-16(23-17-7-5-4-6-12(17)2)18(22)21-11-13-8-9-14(19)10-15(13)20/h4-10,16H,3,11H2,1-2H3,(H,21,22)/t16-/m1/s1. The number of carbonyl (C=O) groups excluding carboxylic acids is 1. The number of para-hydroxylation sites is 1. The molecule has 0 aliphatic rings. The Labute approximate surface area is 146 Å². The van der Waals surface area contributed by atoms with Crippen molar-refractivity contribution in [3.63, 3.8) is 0 Å². The van der Waals surface area contributed by atoms with E-state index >= 15 is 0 Å². The zero-order valence-electron chi connectivity index (χ0n) is 13.1. The lowest BCUT2D eigenvalue weighted by atomic mass is 10.2. The molecule has 122 valence electrons. The van der Waals surface area contributed by atoms with Crippen molar-refractivity contribution in [1.29, 1.82) is 0 Å². The summed E-state index contributed by atoms with van der Waals surface area (Å²) in [6.45, 7) is 4.20. The Morgan fingerprint density at radius 1 is 1.22 bits per heavy atom. The molecule has 2 rings (SSSR count). The molecule has 2 aromatic carbocycles. The molecule has 1 atom stereocenters. The van der Waals surface area contributed by atoms with Crippen LogP contribution in [0.4, 0.5) is 0 Å². The third-order valence-electron chi connectivity index (χ3n) is 3.49. The zero-order valence-corrected chi connectivity index (χ0v) is 14.6. The monoisotopic (exact) mass is 351 g/mol. The number of rotatable bonds is 6. The lowest BCUT2D eigenvalue weighted by Gasteiger charge is -2.18. The van der Waals surface area contributed by atoms with Crippen LogP contribution in [0, 0.1) is 6.92 Å². The highest BCUT2D eigenvalue weighted by Crippen LogP contribution is 2.21. The predicted octanol–water partition coefficient (Wildman–Crippen LogP) is 4.78. The summed E-state index contributed by atoms with van der Waals surface area (Å²) in [6.07, 6.45) is 0.0382. The van der Waals surface area contributed by atoms with Crippen molar-refractivity contribution in [2.45, 2.75) is 32.9 Å². The largest absolute Gasteiger partial charge is 0.480 e. The number of hydrogen-bond donors (Lipinski definition) is 1. The minimum Gasteiger partial charge on any atom is -0.480 e. The van der Waals surface area contributed by atoms with E-state index in [9.17, 15) is 4.79 Å². The SMILES string of the molecule is CC[C@@H](Oc1ccccc1C)C(=O)NCc1ccc(Cl)cc1Cl. The van der Waals surface area contributed by atoms with Crippen molar-refractivity contribution < 1.29 is 9.53 Å². The van der Waals surface area contributed by atoms with Gasteiger partial charge in [0.1, 0.15) is 5.75 Å². The summed E-state index contributed by atoms with van der Waals surface area (Å²) < 4.78 is 5.83. The van der Waals surface area contributed by atoms with Crippen LogP contribution in [0.5, 0.6) is 5.75 Å². The number of nitrogens with one attached hydrogen (secondary N) is 1. The second-order valence-electron chi connectivity index (χ2n) is 5.23. The summed E-state index contributed by atoms with van der Waals surface area (Å²) in [5.74, 6) is 0.556. The average molecular weight is 352 g/mol. The summed E-state index contributed by atoms with van der Waals surface area (Å²) >= 11 is 12.0. The number of halogens is 2. The minimum absolute atomic E-state index is 0.165. The lowest BCUT2D eigenvalue weighted by molar-refractivity contribution is -0.128. The van der Waals surface area contributed by atoms with E-state index in [1.165, 1.54) is 0 Å². The van der Waals surface area contributed by atoms with Crippen LogP contribution in [0.15, 0.2) is 42.5 Å². The van der Waals surface area contributed by atoms with Crippen molar-refractivity contribution >= 4 is 29.1 Å². The number of ether oxygens (including phenoxy) is 1. The number of aryl methyl sites for hydroxylation is 1. The van der Waals surface area contributed by atoms with Crippen molar-refractivity contribution in [1.82, 2.24) is 5.32 Å². The molecule has 0 heterocycles. The van der Waals surface area contributed by atoms with Gasteiger partial charge in [0.15, 0.2) is 6.10 Å². The maximum Gasteiger partial charge on any atom is 0.261 e. The summed E-state index contributed by atoms with van der Waals surface area (Å²) in [5, 5.41) is 3.96. The highest BCUT2D eigenvalue weighted by atomic mass is 35.5. The van der Waals surface area contributed by atoms with Gasteiger partial charge in [-0.3, -0.25) is 4.79 Å². The van der Waals surface area contributed by atoms with Gasteiger partial charge in [0.2, 0.25) is 0 Å². The molecule has 0 saturated heterocycles. The Hall–Kier alpha value is -1.71. The lowest BCUT2D eigenvalue weighted by Crippen LogP contribution is -2.37. The summed E-state index contributed by atoms with van der Waals surface area (Å²) in [5.41, 5.74) is 1.81. The topological polar surface area (TPSA) is 38.3 Å². The molecular formula is C18H19Cl2NO2. The number of amides is 1. The molecule has 0 spiro atoms. The Morgan fingerprint density at radius 2 is 1.96 bits per heavy atom. The third kappa shape index (κ3) is 4.88. The van der Waals surface area contributed by atoms with Crippen molar-refractivity contribution in [2.24, 2.45) is 0 Å². The average Bonchev–Trinajstić information content (AvgIpc) is 2.53. The van der Waals surface area contributed by atoms with Crippen LogP contribution < -0.4 is 10.1 Å². The predicted molar refractivity (Wildman–Crippen MR) is 94.2 cm³/mol. The van der Waals surface area contributed by atoms with E-state index in [0.29, 0.717) is 23.0 Å². The molecule has 0 unspecified atom stereocenters. The van der Waals surface area contributed by atoms with Gasteiger partial charge in [0.25, 0.3) is 5.91 Å². The number of carbonyl (C=O) groups is 1. The van der Waals surface area contributed by atoms with Crippen LogP contribution in [-0.4, -0.2) is 12.0 Å². The van der Waals surface area contributed by atoms with E-state index in [0.717, 1.165) is 16.9 Å². The van der Waals surface area contributed by atoms with Crippen LogP contribution in [0.25, 0.3) is 0 Å². The molecule has 0 radical (unpaired) electrons. The van der Waals surface area contributed by atoms with Crippen LogP contribution in [-0.2, 0) is 11.3 Å². The van der Waals surface area contributed by atoms with E-state index in [-0.39, 0.29) is 5.91 Å². The van der Waals surface area contributed by atoms with E-state index in [2.05, 4.69) is 5.32 Å². The van der Waals surface area contributed by atoms with Gasteiger partial charge in [0, 0.05) is 16.6 Å². The van der Waals surface area contributed by atoms with E-state index < -0.39 is 6.10 Å². The Morgan fingerprint density at radius 3 is 2.61 bits per heavy atom. The van der Waals surface area contributed by atoms with Gasteiger partial charge < -0.3 is 10.1 Å². The Balaban J connectivity index is 1.99. The third-order valence-corrected chi connectivity index (χ3v) is 4.08. The molecule has 0 aromatic heterocycles. The maximum absolute atomic E-state index is 12.3. The second kappa shape index (κ2) is 8.23. The normalized spacial score (nSPS) is 11.8. The molecule has 3 nitrogen and oxygen atoms in total. The molecule has 0 saturated carbocycles. The molecule has 5 heteroatoms. The first-order valence-electron chi connectivity index (χ1n) is 7.45. The Kier molecular flexibility index (Phi) is 6.31. The number of hydrogen-bond acceptors (Lipinski definition) is 2. The molecule has 2 aromatic rings. The van der Waals surface area contributed by atoms with Crippen LogP contribution in [0.3, 0.4) is 0 Å². The smallest absolute Gasteiger partial charge is 0.261 e. The van der Waals surface area contributed by atoms with Crippen LogP contribution in [0.1, 0.15) is 24.5 Å². The summed E-state index contributed by atoms with van der Waals surface area (Å²) in [6, 6.07) is 12.8. The summed E-state index contributed by atoms with van der Waals surface area (Å²) in [7, 11) is 0. The number of benzene rings is 2. The fourth-order valence-corrected chi connectivity index (χ4v) is 2.60. The van der Waals surface area contributed by atoms with Crippen molar-refractivity contribution in [3.05, 3.63) is 63.6 Å². The highest BCUT2D eigenvalue weighted by molar-refractivity contribution is 6.35. The van der Waals surface area contributed by atoms with Gasteiger partial charge in [-0.2, -0.15) is 0 Å². The highest BCUT2D eigenvalue weighted by Gasteiger charge is 2.19. The molecule has 0 bridgehead atoms. The van der Waals surface area contributed by atoms with E-state index in [1.807, 2.05) is 38.1 Å². The molecule has 0 aliphatic heterocycles. The first-order chi connectivity index (χ1) is 11.0. The maximum atomic E-state index is 12.3. The molecule has 23 heavy (non-hydrogen) atoms.